The number of aryl methyl sites for hydroxylation is 2. The first-order chi connectivity index (χ1) is 14.5. The number of fused-ring (bicyclic) bond motifs is 2. The topological polar surface area (TPSA) is 92.1 Å². The van der Waals surface area contributed by atoms with Gasteiger partial charge in [-0.15, -0.1) is 0 Å². The van der Waals surface area contributed by atoms with Crippen LogP contribution in [0.15, 0.2) is 60.8 Å². The largest absolute Gasteiger partial charge is 0.366 e. The van der Waals surface area contributed by atoms with Gasteiger partial charge in [0.2, 0.25) is 5.91 Å². The maximum absolute atomic E-state index is 11.2. The molecule has 0 fully saturated rings. The number of carbonyl (C=O) groups excluding carboxylic acids is 1. The van der Waals surface area contributed by atoms with Crippen molar-refractivity contribution in [2.24, 2.45) is 5.73 Å². The molecule has 0 spiro atoms. The van der Waals surface area contributed by atoms with Gasteiger partial charge in [-0.25, -0.2) is 4.98 Å². The van der Waals surface area contributed by atoms with E-state index in [4.69, 9.17) is 29.6 Å². The molecule has 30 heavy (non-hydrogen) atoms. The van der Waals surface area contributed by atoms with Crippen LogP contribution < -0.4 is 21.9 Å². The number of nitrogens with two attached hydrogens (primary N) is 1. The van der Waals surface area contributed by atoms with Gasteiger partial charge in [0.05, 0.1) is 16.6 Å². The van der Waals surface area contributed by atoms with E-state index < -0.39 is 5.91 Å². The van der Waals surface area contributed by atoms with Crippen LogP contribution in [0, 0.1) is 0 Å². The molecule has 6 nitrogen and oxygen atoms in total. The van der Waals surface area contributed by atoms with E-state index in [-0.39, 0.29) is 16.6 Å². The summed E-state index contributed by atoms with van der Waals surface area (Å²) in [5, 5.41) is 4.05. The van der Waals surface area contributed by atoms with Gasteiger partial charge in [-0.2, -0.15) is 0 Å². The number of aromatic nitrogens is 1. The van der Waals surface area contributed by atoms with Gasteiger partial charge in [0.25, 0.3) is 0 Å². The van der Waals surface area contributed by atoms with Crippen LogP contribution in [-0.4, -0.2) is 16.0 Å². The fraction of sp³-hybridized carbons (Fsp3) is 0.136. The number of pyridine rings is 1. The van der Waals surface area contributed by atoms with Crippen LogP contribution in [0.1, 0.15) is 38.7 Å². The molecule has 0 saturated carbocycles. The highest BCUT2D eigenvalue weighted by Gasteiger charge is 2.23. The lowest BCUT2D eigenvalue weighted by molar-refractivity contribution is 0.1000. The predicted octanol–water partition coefficient (Wildman–Crippen LogP) is 3.51. The van der Waals surface area contributed by atoms with Gasteiger partial charge in [-0.3, -0.25) is 15.6 Å². The molecule has 0 aliphatic heterocycles. The Morgan fingerprint density at radius 1 is 1.07 bits per heavy atom. The van der Waals surface area contributed by atoms with Crippen molar-refractivity contribution in [3.8, 4) is 0 Å². The van der Waals surface area contributed by atoms with Crippen molar-refractivity contribution in [2.75, 3.05) is 5.43 Å². The van der Waals surface area contributed by atoms with Crippen LogP contribution >= 0.6 is 23.8 Å². The quantitative estimate of drug-likeness (QED) is 0.369. The molecule has 1 aliphatic carbocycles. The fourth-order valence-electron chi connectivity index (χ4n) is 3.63. The van der Waals surface area contributed by atoms with E-state index in [1.165, 1.54) is 34.5 Å². The third-order valence-corrected chi connectivity index (χ3v) is 5.60. The normalized spacial score (nSPS) is 12.8. The van der Waals surface area contributed by atoms with Crippen LogP contribution in [-0.2, 0) is 12.8 Å². The van der Waals surface area contributed by atoms with E-state index in [1.54, 1.807) is 0 Å². The highest BCUT2D eigenvalue weighted by atomic mass is 35.5. The van der Waals surface area contributed by atoms with E-state index in [2.05, 4.69) is 57.6 Å². The lowest BCUT2D eigenvalue weighted by Crippen LogP contribution is -2.41. The van der Waals surface area contributed by atoms with E-state index in [0.717, 1.165) is 12.8 Å². The average Bonchev–Trinajstić information content (AvgIpc) is 2.90. The molecule has 0 unspecified atom stereocenters. The third-order valence-electron chi connectivity index (χ3n) is 5.09. The smallest absolute Gasteiger partial charge is 0.250 e. The van der Waals surface area contributed by atoms with Crippen LogP contribution in [0.3, 0.4) is 0 Å². The molecule has 0 radical (unpaired) electrons. The summed E-state index contributed by atoms with van der Waals surface area (Å²) in [5.41, 5.74) is 16.3. The second kappa shape index (κ2) is 8.69. The Labute approximate surface area is 184 Å². The summed E-state index contributed by atoms with van der Waals surface area (Å²) >= 11 is 11.7. The summed E-state index contributed by atoms with van der Waals surface area (Å²) < 4.78 is 0. The summed E-state index contributed by atoms with van der Waals surface area (Å²) in [6, 6.07) is 18.2. The van der Waals surface area contributed by atoms with Gasteiger partial charge < -0.3 is 11.1 Å². The van der Waals surface area contributed by atoms with Crippen LogP contribution in [0.5, 0.6) is 0 Å². The molecule has 0 atom stereocenters. The number of thiocarbonyl (C=S) groups is 1. The molecular formula is C22H20ClN5OS. The summed E-state index contributed by atoms with van der Waals surface area (Å²) in [6.45, 7) is 0. The molecule has 4 rings (SSSR count). The first-order valence-corrected chi connectivity index (χ1v) is 10.2. The number of amides is 1. The van der Waals surface area contributed by atoms with Gasteiger partial charge in [-0.1, -0.05) is 60.1 Å². The summed E-state index contributed by atoms with van der Waals surface area (Å²) in [7, 11) is 0. The van der Waals surface area contributed by atoms with E-state index >= 15 is 0 Å². The number of anilines is 1. The Morgan fingerprint density at radius 2 is 1.67 bits per heavy atom. The second-order valence-electron chi connectivity index (χ2n) is 6.97. The first kappa shape index (κ1) is 20.1. The molecule has 1 heterocycles. The molecule has 0 saturated heterocycles. The van der Waals surface area contributed by atoms with E-state index in [0.29, 0.717) is 10.9 Å². The van der Waals surface area contributed by atoms with Crippen LogP contribution in [0.4, 0.5) is 5.82 Å². The Hall–Kier alpha value is -3.16. The number of hydrogen-bond acceptors (Lipinski definition) is 4. The van der Waals surface area contributed by atoms with Gasteiger partial charge in [0.1, 0.15) is 0 Å². The summed E-state index contributed by atoms with van der Waals surface area (Å²) in [4.78, 5) is 15.3. The average molecular weight is 438 g/mol. The maximum atomic E-state index is 11.2. The zero-order valence-corrected chi connectivity index (χ0v) is 17.6. The Kier molecular flexibility index (Phi) is 5.83. The molecule has 1 amide bonds. The highest BCUT2D eigenvalue weighted by Crippen LogP contribution is 2.32. The lowest BCUT2D eigenvalue weighted by atomic mass is 9.95. The molecular weight excluding hydrogens is 418 g/mol. The summed E-state index contributed by atoms with van der Waals surface area (Å²) in [6.07, 6.45) is 3.32. The van der Waals surface area contributed by atoms with Crippen molar-refractivity contribution in [3.63, 3.8) is 0 Å². The number of benzene rings is 2. The van der Waals surface area contributed by atoms with Crippen molar-refractivity contribution in [1.29, 1.82) is 0 Å². The number of rotatable bonds is 4. The minimum Gasteiger partial charge on any atom is -0.366 e. The zero-order valence-electron chi connectivity index (χ0n) is 16.0. The SMILES string of the molecule is NC(=O)c1cnc(NNC(=S)NC2c3ccccc3CCc3ccccc32)c(Cl)c1. The Balaban J connectivity index is 1.53. The van der Waals surface area contributed by atoms with Gasteiger partial charge in [0.15, 0.2) is 10.9 Å². The Bertz CT molecular complexity index is 1070. The van der Waals surface area contributed by atoms with Crippen molar-refractivity contribution in [1.82, 2.24) is 15.7 Å². The van der Waals surface area contributed by atoms with E-state index in [9.17, 15) is 4.79 Å². The third kappa shape index (κ3) is 4.22. The minimum absolute atomic E-state index is 0.0811. The predicted molar refractivity (Wildman–Crippen MR) is 122 cm³/mol. The van der Waals surface area contributed by atoms with E-state index in [1.807, 2.05) is 12.1 Å². The highest BCUT2D eigenvalue weighted by molar-refractivity contribution is 7.80. The van der Waals surface area contributed by atoms with Gasteiger partial charge in [-0.05, 0) is 53.4 Å². The molecule has 2 aromatic carbocycles. The lowest BCUT2D eigenvalue weighted by Gasteiger charge is -2.24. The van der Waals surface area contributed by atoms with Crippen molar-refractivity contribution in [3.05, 3.63) is 93.6 Å². The van der Waals surface area contributed by atoms with Gasteiger partial charge >= 0.3 is 0 Å². The van der Waals surface area contributed by atoms with Crippen LogP contribution in [0.25, 0.3) is 0 Å². The standard InChI is InChI=1S/C22H20ClN5OS/c23-18-11-15(20(24)29)12-25-21(18)27-28-22(30)26-19-16-7-3-1-5-13(16)9-10-14-6-2-4-8-17(14)19/h1-8,11-12,19H,9-10H2,(H2,24,29)(H,25,27)(H2,26,28,30). The molecule has 1 aliphatic rings. The van der Waals surface area contributed by atoms with Crippen molar-refractivity contribution in [2.45, 2.75) is 18.9 Å². The minimum atomic E-state index is -0.591. The molecule has 5 N–H and O–H groups in total. The fourth-order valence-corrected chi connectivity index (χ4v) is 4.01. The molecule has 1 aromatic heterocycles. The number of halogens is 1. The van der Waals surface area contributed by atoms with Gasteiger partial charge in [0, 0.05) is 6.20 Å². The molecule has 0 bridgehead atoms. The molecule has 152 valence electrons. The van der Waals surface area contributed by atoms with Crippen molar-refractivity contribution >= 4 is 40.7 Å². The molecule has 8 heteroatoms. The number of hydrogen-bond donors (Lipinski definition) is 4. The maximum Gasteiger partial charge on any atom is 0.250 e. The number of nitrogens with zero attached hydrogens (tertiary/aromatic N) is 1. The molecule has 3 aromatic rings. The van der Waals surface area contributed by atoms with Crippen LogP contribution in [0.2, 0.25) is 5.02 Å². The second-order valence-corrected chi connectivity index (χ2v) is 7.79. The number of carbonyl (C=O) groups is 1. The van der Waals surface area contributed by atoms with Crippen molar-refractivity contribution < 1.29 is 4.79 Å². The summed E-state index contributed by atoms with van der Waals surface area (Å²) in [5.74, 6) is -0.251. The number of primary amides is 1. The number of hydrazine groups is 1. The monoisotopic (exact) mass is 437 g/mol. The number of nitrogens with one attached hydrogen (secondary N) is 3. The first-order valence-electron chi connectivity index (χ1n) is 9.46. The zero-order chi connectivity index (χ0) is 21.1. The Morgan fingerprint density at radius 3 is 2.23 bits per heavy atom.